The van der Waals surface area contributed by atoms with Crippen LogP contribution in [0.15, 0.2) is 0 Å². The van der Waals surface area contributed by atoms with E-state index in [1.807, 2.05) is 0 Å². The minimum atomic E-state index is 0.634. The first-order valence-corrected chi connectivity index (χ1v) is 6.79. The molecule has 1 spiro atoms. The van der Waals surface area contributed by atoms with E-state index in [-0.39, 0.29) is 0 Å². The van der Waals surface area contributed by atoms with Crippen LogP contribution in [-0.4, -0.2) is 13.1 Å². The first-order valence-electron chi connectivity index (χ1n) is 6.79. The molecule has 0 bridgehead atoms. The highest BCUT2D eigenvalue weighted by atomic mass is 14.9. The smallest absolute Gasteiger partial charge is 0.00150 e. The average molecular weight is 209 g/mol. The van der Waals surface area contributed by atoms with E-state index in [0.29, 0.717) is 5.41 Å². The molecule has 0 aromatic heterocycles. The molecule has 2 aliphatic carbocycles. The average Bonchev–Trinajstić information content (AvgIpc) is 2.87. The molecule has 1 heteroatoms. The van der Waals surface area contributed by atoms with Gasteiger partial charge < -0.3 is 5.32 Å². The molecule has 2 fully saturated rings. The van der Waals surface area contributed by atoms with Crippen LogP contribution in [0.4, 0.5) is 0 Å². The van der Waals surface area contributed by atoms with Gasteiger partial charge in [-0.2, -0.15) is 0 Å². The van der Waals surface area contributed by atoms with Gasteiger partial charge in [0.05, 0.1) is 0 Å². The van der Waals surface area contributed by atoms with Crippen molar-refractivity contribution >= 4 is 0 Å². The van der Waals surface area contributed by atoms with Crippen molar-refractivity contribution in [3.8, 4) is 0 Å². The molecule has 1 unspecified atom stereocenters. The largest absolute Gasteiger partial charge is 0.316 e. The van der Waals surface area contributed by atoms with E-state index in [0.717, 1.165) is 11.3 Å². The summed E-state index contributed by atoms with van der Waals surface area (Å²) in [5.74, 6) is 1.01. The third kappa shape index (κ3) is 2.55. The van der Waals surface area contributed by atoms with Gasteiger partial charge in [0.25, 0.3) is 0 Å². The van der Waals surface area contributed by atoms with Crippen molar-refractivity contribution in [2.24, 2.45) is 16.7 Å². The van der Waals surface area contributed by atoms with Crippen molar-refractivity contribution in [2.45, 2.75) is 59.3 Å². The lowest BCUT2D eigenvalue weighted by Crippen LogP contribution is -2.26. The second-order valence-corrected chi connectivity index (χ2v) is 6.63. The second kappa shape index (κ2) is 4.08. The first kappa shape index (κ1) is 11.4. The Kier molecular flexibility index (Phi) is 3.12. The molecule has 0 saturated heterocycles. The number of hydrogen-bond acceptors (Lipinski definition) is 1. The van der Waals surface area contributed by atoms with Gasteiger partial charge in [-0.05, 0) is 68.4 Å². The number of hydrogen-bond donors (Lipinski definition) is 1. The van der Waals surface area contributed by atoms with Gasteiger partial charge in [-0.1, -0.05) is 20.8 Å². The van der Waals surface area contributed by atoms with E-state index in [1.165, 1.54) is 51.6 Å². The first-order chi connectivity index (χ1) is 7.08. The van der Waals surface area contributed by atoms with Gasteiger partial charge in [-0.25, -0.2) is 0 Å². The van der Waals surface area contributed by atoms with Gasteiger partial charge in [-0.3, -0.25) is 0 Å². The summed E-state index contributed by atoms with van der Waals surface area (Å²) in [5, 5.41) is 3.59. The van der Waals surface area contributed by atoms with Crippen molar-refractivity contribution in [1.82, 2.24) is 5.32 Å². The SMILES string of the molecule is CCCNCC1CC12CCC(C)(C)CC2. The van der Waals surface area contributed by atoms with Gasteiger partial charge in [0, 0.05) is 0 Å². The lowest BCUT2D eigenvalue weighted by molar-refractivity contribution is 0.166. The Bertz CT molecular complexity index is 209. The standard InChI is InChI=1S/C14H27N/c1-4-9-15-11-12-10-14(12)7-5-13(2,3)6-8-14/h12,15H,4-11H2,1-3H3. The van der Waals surface area contributed by atoms with Gasteiger partial charge in [0.2, 0.25) is 0 Å². The summed E-state index contributed by atoms with van der Waals surface area (Å²) >= 11 is 0. The predicted octanol–water partition coefficient (Wildman–Crippen LogP) is 3.59. The summed E-state index contributed by atoms with van der Waals surface area (Å²) in [5.41, 5.74) is 1.42. The van der Waals surface area contributed by atoms with E-state index in [1.54, 1.807) is 0 Å². The van der Waals surface area contributed by atoms with Crippen LogP contribution in [0.2, 0.25) is 0 Å². The predicted molar refractivity (Wildman–Crippen MR) is 65.9 cm³/mol. The van der Waals surface area contributed by atoms with Crippen molar-refractivity contribution in [3.05, 3.63) is 0 Å². The summed E-state index contributed by atoms with van der Waals surface area (Å²) in [6.45, 7) is 9.62. The normalized spacial score (nSPS) is 31.8. The molecule has 0 aliphatic heterocycles. The molecular weight excluding hydrogens is 182 g/mol. The Balaban J connectivity index is 1.72. The monoisotopic (exact) mass is 209 g/mol. The molecule has 2 saturated carbocycles. The summed E-state index contributed by atoms with van der Waals surface area (Å²) < 4.78 is 0. The minimum absolute atomic E-state index is 0.634. The number of rotatable bonds is 4. The fourth-order valence-corrected chi connectivity index (χ4v) is 3.21. The number of nitrogens with one attached hydrogen (secondary N) is 1. The summed E-state index contributed by atoms with van der Waals surface area (Å²) in [6, 6.07) is 0. The Morgan fingerprint density at radius 1 is 1.13 bits per heavy atom. The third-order valence-corrected chi connectivity index (χ3v) is 4.78. The molecule has 0 aromatic rings. The molecule has 15 heavy (non-hydrogen) atoms. The van der Waals surface area contributed by atoms with Crippen molar-refractivity contribution in [2.75, 3.05) is 13.1 Å². The van der Waals surface area contributed by atoms with Gasteiger partial charge in [-0.15, -0.1) is 0 Å². The third-order valence-electron chi connectivity index (χ3n) is 4.78. The molecule has 1 N–H and O–H groups in total. The van der Waals surface area contributed by atoms with Crippen LogP contribution < -0.4 is 5.32 Å². The van der Waals surface area contributed by atoms with Gasteiger partial charge in [0.15, 0.2) is 0 Å². The molecule has 1 nitrogen and oxygen atoms in total. The van der Waals surface area contributed by atoms with Crippen LogP contribution in [0.25, 0.3) is 0 Å². The van der Waals surface area contributed by atoms with Crippen LogP contribution in [0, 0.1) is 16.7 Å². The van der Waals surface area contributed by atoms with Crippen LogP contribution in [0.3, 0.4) is 0 Å². The quantitative estimate of drug-likeness (QED) is 0.698. The molecule has 0 aromatic carbocycles. The minimum Gasteiger partial charge on any atom is -0.316 e. The fourth-order valence-electron chi connectivity index (χ4n) is 3.21. The lowest BCUT2D eigenvalue weighted by atomic mass is 9.71. The highest BCUT2D eigenvalue weighted by molar-refractivity contribution is 5.06. The van der Waals surface area contributed by atoms with Crippen molar-refractivity contribution < 1.29 is 0 Å². The Hall–Kier alpha value is -0.0400. The van der Waals surface area contributed by atoms with Crippen LogP contribution in [0.1, 0.15) is 59.3 Å². The summed E-state index contributed by atoms with van der Waals surface area (Å²) in [4.78, 5) is 0. The highest BCUT2D eigenvalue weighted by Crippen LogP contribution is 2.63. The zero-order chi connectivity index (χ0) is 10.9. The van der Waals surface area contributed by atoms with E-state index in [2.05, 4.69) is 26.1 Å². The molecule has 2 aliphatic rings. The molecule has 2 rings (SSSR count). The molecule has 1 atom stereocenters. The second-order valence-electron chi connectivity index (χ2n) is 6.63. The van der Waals surface area contributed by atoms with Crippen LogP contribution >= 0.6 is 0 Å². The van der Waals surface area contributed by atoms with Crippen LogP contribution in [0.5, 0.6) is 0 Å². The fraction of sp³-hybridized carbons (Fsp3) is 1.00. The molecule has 88 valence electrons. The van der Waals surface area contributed by atoms with Gasteiger partial charge >= 0.3 is 0 Å². The maximum atomic E-state index is 3.59. The topological polar surface area (TPSA) is 12.0 Å². The molecule has 0 amide bonds. The van der Waals surface area contributed by atoms with E-state index < -0.39 is 0 Å². The maximum absolute atomic E-state index is 3.59. The molecule has 0 heterocycles. The zero-order valence-electron chi connectivity index (χ0n) is 10.7. The Labute approximate surface area is 95.0 Å². The molecular formula is C14H27N. The molecule has 0 radical (unpaired) electrons. The summed E-state index contributed by atoms with van der Waals surface area (Å²) in [6.07, 6.45) is 8.69. The Morgan fingerprint density at radius 3 is 2.40 bits per heavy atom. The van der Waals surface area contributed by atoms with Crippen molar-refractivity contribution in [3.63, 3.8) is 0 Å². The van der Waals surface area contributed by atoms with Crippen molar-refractivity contribution in [1.29, 1.82) is 0 Å². The maximum Gasteiger partial charge on any atom is -0.00150 e. The van der Waals surface area contributed by atoms with E-state index in [9.17, 15) is 0 Å². The Morgan fingerprint density at radius 2 is 1.80 bits per heavy atom. The van der Waals surface area contributed by atoms with E-state index in [4.69, 9.17) is 0 Å². The van der Waals surface area contributed by atoms with Crippen LogP contribution in [-0.2, 0) is 0 Å². The lowest BCUT2D eigenvalue weighted by Gasteiger charge is -2.35. The summed E-state index contributed by atoms with van der Waals surface area (Å²) in [7, 11) is 0. The van der Waals surface area contributed by atoms with E-state index >= 15 is 0 Å². The highest BCUT2D eigenvalue weighted by Gasteiger charge is 2.55. The zero-order valence-corrected chi connectivity index (χ0v) is 10.7. The van der Waals surface area contributed by atoms with Gasteiger partial charge in [0.1, 0.15) is 0 Å².